The Morgan fingerprint density at radius 2 is 1.93 bits per heavy atom. The standard InChI is InChI=1S/C9H16N2O2S/c1-2-9(8-10)14(12,13)11-6-4-3-5-7-11/h9H,2-7H2,1H3. The van der Waals surface area contributed by atoms with Crippen molar-refractivity contribution < 1.29 is 8.42 Å². The highest BCUT2D eigenvalue weighted by Crippen LogP contribution is 2.17. The number of nitrogens with zero attached hydrogens (tertiary/aromatic N) is 2. The third kappa shape index (κ3) is 2.25. The van der Waals surface area contributed by atoms with Crippen LogP contribution < -0.4 is 0 Å². The van der Waals surface area contributed by atoms with E-state index in [0.717, 1.165) is 19.3 Å². The Labute approximate surface area is 85.6 Å². The molecule has 1 atom stereocenters. The highest BCUT2D eigenvalue weighted by atomic mass is 32.2. The number of piperidine rings is 1. The SMILES string of the molecule is CCC(C#N)S(=O)(=O)N1CCCCC1. The van der Waals surface area contributed by atoms with E-state index in [0.29, 0.717) is 19.5 Å². The summed E-state index contributed by atoms with van der Waals surface area (Å²) in [4.78, 5) is 0. The van der Waals surface area contributed by atoms with Gasteiger partial charge in [-0.1, -0.05) is 13.3 Å². The Morgan fingerprint density at radius 1 is 1.36 bits per heavy atom. The van der Waals surface area contributed by atoms with Gasteiger partial charge in [-0.25, -0.2) is 12.7 Å². The molecule has 4 nitrogen and oxygen atoms in total. The lowest BCUT2D eigenvalue weighted by Gasteiger charge is -2.27. The average molecular weight is 216 g/mol. The second-order valence-electron chi connectivity index (χ2n) is 3.53. The molecule has 1 unspecified atom stereocenters. The molecule has 1 fully saturated rings. The van der Waals surface area contributed by atoms with Crippen LogP contribution in [0.2, 0.25) is 0 Å². The van der Waals surface area contributed by atoms with Crippen LogP contribution in [-0.2, 0) is 10.0 Å². The van der Waals surface area contributed by atoms with Crippen molar-refractivity contribution in [3.05, 3.63) is 0 Å². The van der Waals surface area contributed by atoms with E-state index in [1.807, 2.05) is 6.07 Å². The van der Waals surface area contributed by atoms with Gasteiger partial charge in [-0.3, -0.25) is 0 Å². The van der Waals surface area contributed by atoms with Crippen LogP contribution in [0.25, 0.3) is 0 Å². The zero-order chi connectivity index (χ0) is 10.6. The fourth-order valence-electron chi connectivity index (χ4n) is 1.67. The molecule has 0 bridgehead atoms. The van der Waals surface area contributed by atoms with E-state index in [1.54, 1.807) is 6.92 Å². The van der Waals surface area contributed by atoms with E-state index >= 15 is 0 Å². The van der Waals surface area contributed by atoms with Gasteiger partial charge < -0.3 is 0 Å². The molecule has 0 N–H and O–H groups in total. The van der Waals surface area contributed by atoms with Crippen molar-refractivity contribution in [2.75, 3.05) is 13.1 Å². The molecule has 1 aliphatic heterocycles. The highest BCUT2D eigenvalue weighted by molar-refractivity contribution is 7.90. The molecule has 80 valence electrons. The summed E-state index contributed by atoms with van der Waals surface area (Å²) in [6.45, 7) is 2.90. The molecule has 5 heteroatoms. The molecule has 1 saturated heterocycles. The third-order valence-corrected chi connectivity index (χ3v) is 4.79. The van der Waals surface area contributed by atoms with Gasteiger partial charge in [-0.05, 0) is 19.3 Å². The largest absolute Gasteiger partial charge is 0.230 e. The number of hydrogen-bond acceptors (Lipinski definition) is 3. The van der Waals surface area contributed by atoms with E-state index in [1.165, 1.54) is 4.31 Å². The summed E-state index contributed by atoms with van der Waals surface area (Å²) < 4.78 is 25.2. The predicted octanol–water partition coefficient (Wildman–Crippen LogP) is 1.10. The van der Waals surface area contributed by atoms with E-state index in [-0.39, 0.29) is 0 Å². The molecular formula is C9H16N2O2S. The van der Waals surface area contributed by atoms with Gasteiger partial charge in [0.25, 0.3) is 0 Å². The van der Waals surface area contributed by atoms with Crippen molar-refractivity contribution in [1.29, 1.82) is 5.26 Å². The Bertz CT molecular complexity index is 312. The normalized spacial score (nSPS) is 21.4. The second kappa shape index (κ2) is 4.76. The second-order valence-corrected chi connectivity index (χ2v) is 5.65. The van der Waals surface area contributed by atoms with E-state index in [9.17, 15) is 8.42 Å². The molecule has 0 amide bonds. The van der Waals surface area contributed by atoms with Crippen LogP contribution >= 0.6 is 0 Å². The Morgan fingerprint density at radius 3 is 2.36 bits per heavy atom. The number of rotatable bonds is 3. The van der Waals surface area contributed by atoms with Crippen molar-refractivity contribution in [3.63, 3.8) is 0 Å². The maximum absolute atomic E-state index is 11.9. The smallest absolute Gasteiger partial charge is 0.211 e. The lowest BCUT2D eigenvalue weighted by molar-refractivity contribution is 0.344. The molecule has 1 heterocycles. The maximum Gasteiger partial charge on any atom is 0.230 e. The summed E-state index contributed by atoms with van der Waals surface area (Å²) in [5.74, 6) is 0. The van der Waals surface area contributed by atoms with Crippen molar-refractivity contribution >= 4 is 10.0 Å². The van der Waals surface area contributed by atoms with Crippen LogP contribution in [0.5, 0.6) is 0 Å². The molecule has 0 saturated carbocycles. The lowest BCUT2D eigenvalue weighted by atomic mass is 10.2. The first-order valence-electron chi connectivity index (χ1n) is 5.01. The first-order valence-corrected chi connectivity index (χ1v) is 6.51. The first kappa shape index (κ1) is 11.5. The van der Waals surface area contributed by atoms with E-state index in [4.69, 9.17) is 5.26 Å². The summed E-state index contributed by atoms with van der Waals surface area (Å²) in [7, 11) is -3.35. The topological polar surface area (TPSA) is 61.2 Å². The van der Waals surface area contributed by atoms with Gasteiger partial charge in [0.2, 0.25) is 10.0 Å². The maximum atomic E-state index is 11.9. The Balaban J connectivity index is 2.78. The lowest BCUT2D eigenvalue weighted by Crippen LogP contribution is -2.41. The minimum atomic E-state index is -3.35. The number of hydrogen-bond donors (Lipinski definition) is 0. The summed E-state index contributed by atoms with van der Waals surface area (Å²) in [6, 6.07) is 1.86. The van der Waals surface area contributed by atoms with Gasteiger partial charge in [0.15, 0.2) is 5.25 Å². The van der Waals surface area contributed by atoms with Crippen molar-refractivity contribution in [3.8, 4) is 6.07 Å². The van der Waals surface area contributed by atoms with Crippen molar-refractivity contribution in [2.24, 2.45) is 0 Å². The minimum Gasteiger partial charge on any atom is -0.211 e. The van der Waals surface area contributed by atoms with Crippen LogP contribution in [0.3, 0.4) is 0 Å². The van der Waals surface area contributed by atoms with Gasteiger partial charge in [-0.2, -0.15) is 5.26 Å². The van der Waals surface area contributed by atoms with Gasteiger partial charge in [0, 0.05) is 13.1 Å². The van der Waals surface area contributed by atoms with Crippen LogP contribution in [0, 0.1) is 11.3 Å². The van der Waals surface area contributed by atoms with Gasteiger partial charge in [0.05, 0.1) is 6.07 Å². The predicted molar refractivity (Wildman–Crippen MR) is 54.0 cm³/mol. The molecule has 1 aliphatic rings. The zero-order valence-electron chi connectivity index (χ0n) is 8.44. The first-order chi connectivity index (χ1) is 6.62. The van der Waals surface area contributed by atoms with Crippen LogP contribution in [0.15, 0.2) is 0 Å². The minimum absolute atomic E-state index is 0.370. The van der Waals surface area contributed by atoms with Crippen molar-refractivity contribution in [1.82, 2.24) is 4.31 Å². The summed E-state index contributed by atoms with van der Waals surface area (Å²) in [6.07, 6.45) is 3.30. The van der Waals surface area contributed by atoms with Gasteiger partial charge in [0.1, 0.15) is 0 Å². The fourth-order valence-corrected chi connectivity index (χ4v) is 3.35. The molecular weight excluding hydrogens is 200 g/mol. The quantitative estimate of drug-likeness (QED) is 0.710. The van der Waals surface area contributed by atoms with Crippen LogP contribution in [-0.4, -0.2) is 31.1 Å². The average Bonchev–Trinajstić information content (AvgIpc) is 2.20. The molecule has 0 aliphatic carbocycles. The fraction of sp³-hybridized carbons (Fsp3) is 0.889. The van der Waals surface area contributed by atoms with Gasteiger partial charge in [-0.15, -0.1) is 0 Å². The van der Waals surface area contributed by atoms with Crippen LogP contribution in [0.4, 0.5) is 0 Å². The molecule has 14 heavy (non-hydrogen) atoms. The molecule has 0 radical (unpaired) electrons. The summed E-state index contributed by atoms with van der Waals surface area (Å²) in [5, 5.41) is 7.88. The highest BCUT2D eigenvalue weighted by Gasteiger charge is 2.31. The number of sulfonamides is 1. The molecule has 0 aromatic heterocycles. The summed E-state index contributed by atoms with van der Waals surface area (Å²) in [5.41, 5.74) is 0. The van der Waals surface area contributed by atoms with E-state index < -0.39 is 15.3 Å². The molecule has 1 rings (SSSR count). The van der Waals surface area contributed by atoms with E-state index in [2.05, 4.69) is 0 Å². The monoisotopic (exact) mass is 216 g/mol. The van der Waals surface area contributed by atoms with Gasteiger partial charge >= 0.3 is 0 Å². The molecule has 0 aromatic rings. The number of nitriles is 1. The zero-order valence-corrected chi connectivity index (χ0v) is 9.26. The van der Waals surface area contributed by atoms with Crippen molar-refractivity contribution in [2.45, 2.75) is 37.9 Å². The third-order valence-electron chi connectivity index (χ3n) is 2.55. The Hall–Kier alpha value is -0.600. The molecule has 0 spiro atoms. The Kier molecular flexibility index (Phi) is 3.90. The summed E-state index contributed by atoms with van der Waals surface area (Å²) >= 11 is 0. The van der Waals surface area contributed by atoms with Crippen LogP contribution in [0.1, 0.15) is 32.6 Å². The molecule has 0 aromatic carbocycles.